The molecule has 52 valence electrons. The smallest absolute Gasteiger partial charge is 0.227 e. The van der Waals surface area contributed by atoms with Crippen molar-refractivity contribution in [1.29, 1.82) is 0 Å². The summed E-state index contributed by atoms with van der Waals surface area (Å²) in [6.07, 6.45) is 0. The lowest BCUT2D eigenvalue weighted by molar-refractivity contribution is -0.115. The molecule has 2 nitrogen and oxygen atoms in total. The molecule has 0 aromatic rings. The van der Waals surface area contributed by atoms with Crippen molar-refractivity contribution in [2.45, 2.75) is 0 Å². The normalized spacial score (nSPS) is 8.67. The molecular weight excluding hydrogens is 181 g/mol. The number of thioether (sulfide) groups is 1. The summed E-state index contributed by atoms with van der Waals surface area (Å²) in [4.78, 5) is 10.1. The zero-order valence-electron chi connectivity index (χ0n) is 4.43. The molecule has 0 saturated carbocycles. The van der Waals surface area contributed by atoms with Crippen molar-refractivity contribution in [2.24, 2.45) is 5.73 Å². The largest absolute Gasteiger partial charge is 0.369 e. The SMILES string of the molecule is NC(=O)CSC=C(Cl)Cl. The molecule has 0 atom stereocenters. The van der Waals surface area contributed by atoms with Gasteiger partial charge in [-0.25, -0.2) is 0 Å². The summed E-state index contributed by atoms with van der Waals surface area (Å²) >= 11 is 11.6. The van der Waals surface area contributed by atoms with Crippen LogP contribution in [0.4, 0.5) is 0 Å². The second kappa shape index (κ2) is 4.97. The van der Waals surface area contributed by atoms with Crippen LogP contribution in [0.2, 0.25) is 0 Å². The minimum atomic E-state index is -0.383. The zero-order valence-corrected chi connectivity index (χ0v) is 6.76. The van der Waals surface area contributed by atoms with E-state index in [1.807, 2.05) is 0 Å². The fourth-order valence-electron chi connectivity index (χ4n) is 0.187. The van der Waals surface area contributed by atoms with Gasteiger partial charge in [0.1, 0.15) is 4.49 Å². The molecule has 0 aliphatic carbocycles. The average Bonchev–Trinajstić information content (AvgIpc) is 1.63. The number of amides is 1. The topological polar surface area (TPSA) is 43.1 Å². The van der Waals surface area contributed by atoms with Crippen LogP contribution in [-0.2, 0) is 4.79 Å². The van der Waals surface area contributed by atoms with E-state index in [0.29, 0.717) is 0 Å². The number of carbonyl (C=O) groups is 1. The van der Waals surface area contributed by atoms with Gasteiger partial charge < -0.3 is 5.73 Å². The maximum absolute atomic E-state index is 10.1. The second-order valence-corrected chi connectivity index (χ2v) is 3.05. The van der Waals surface area contributed by atoms with Crippen LogP contribution in [0, 0.1) is 0 Å². The lowest BCUT2D eigenvalue weighted by Gasteiger charge is -1.86. The highest BCUT2D eigenvalue weighted by atomic mass is 35.5. The van der Waals surface area contributed by atoms with Gasteiger partial charge in [0.05, 0.1) is 5.75 Å². The van der Waals surface area contributed by atoms with Gasteiger partial charge in [-0.05, 0) is 0 Å². The molecule has 0 unspecified atom stereocenters. The van der Waals surface area contributed by atoms with Crippen LogP contribution >= 0.6 is 35.0 Å². The molecule has 0 bridgehead atoms. The summed E-state index contributed by atoms with van der Waals surface area (Å²) in [7, 11) is 0. The Kier molecular flexibility index (Phi) is 5.04. The van der Waals surface area contributed by atoms with E-state index in [9.17, 15) is 4.79 Å². The third kappa shape index (κ3) is 8.14. The van der Waals surface area contributed by atoms with Crippen LogP contribution in [-0.4, -0.2) is 11.7 Å². The van der Waals surface area contributed by atoms with Crippen LogP contribution in [0.15, 0.2) is 9.90 Å². The molecule has 0 aliphatic rings. The maximum Gasteiger partial charge on any atom is 0.227 e. The molecule has 2 N–H and O–H groups in total. The molecule has 0 saturated heterocycles. The highest BCUT2D eigenvalue weighted by Crippen LogP contribution is 2.13. The van der Waals surface area contributed by atoms with Crippen LogP contribution in [0.5, 0.6) is 0 Å². The summed E-state index contributed by atoms with van der Waals surface area (Å²) in [5.74, 6) is -0.172. The summed E-state index contributed by atoms with van der Waals surface area (Å²) in [6, 6.07) is 0. The quantitative estimate of drug-likeness (QED) is 0.725. The third-order valence-electron chi connectivity index (χ3n) is 0.398. The van der Waals surface area contributed by atoms with Crippen molar-refractivity contribution in [2.75, 3.05) is 5.75 Å². The van der Waals surface area contributed by atoms with Gasteiger partial charge in [-0.1, -0.05) is 23.2 Å². The van der Waals surface area contributed by atoms with Gasteiger partial charge in [-0.3, -0.25) is 4.79 Å². The molecule has 0 fully saturated rings. The molecule has 9 heavy (non-hydrogen) atoms. The van der Waals surface area contributed by atoms with E-state index in [2.05, 4.69) is 0 Å². The minimum absolute atomic E-state index is 0.140. The number of nitrogens with two attached hydrogens (primary N) is 1. The monoisotopic (exact) mass is 185 g/mol. The molecule has 0 spiro atoms. The molecule has 0 aliphatic heterocycles. The number of carbonyl (C=O) groups excluding carboxylic acids is 1. The first kappa shape index (κ1) is 9.14. The summed E-state index contributed by atoms with van der Waals surface area (Å²) in [6.45, 7) is 0. The second-order valence-electron chi connectivity index (χ2n) is 1.18. The highest BCUT2D eigenvalue weighted by molar-refractivity contribution is 8.02. The molecule has 0 rings (SSSR count). The third-order valence-corrected chi connectivity index (χ3v) is 1.73. The standard InChI is InChI=1S/C4H5Cl2NOS/c5-3(6)1-9-2-4(7)8/h1H,2H2,(H2,7,8). The van der Waals surface area contributed by atoms with Gasteiger partial charge >= 0.3 is 0 Å². The predicted octanol–water partition coefficient (Wildman–Crippen LogP) is 1.48. The van der Waals surface area contributed by atoms with Gasteiger partial charge in [0.2, 0.25) is 5.91 Å². The Morgan fingerprint density at radius 1 is 1.67 bits per heavy atom. The Bertz CT molecular complexity index is 133. The van der Waals surface area contributed by atoms with E-state index >= 15 is 0 Å². The van der Waals surface area contributed by atoms with Gasteiger partial charge in [-0.2, -0.15) is 0 Å². The van der Waals surface area contributed by atoms with E-state index in [1.54, 1.807) is 0 Å². The van der Waals surface area contributed by atoms with Crippen LogP contribution in [0.1, 0.15) is 0 Å². The van der Waals surface area contributed by atoms with E-state index in [4.69, 9.17) is 28.9 Å². The Balaban J connectivity index is 3.31. The highest BCUT2D eigenvalue weighted by Gasteiger charge is 1.90. The first-order valence-electron chi connectivity index (χ1n) is 2.04. The van der Waals surface area contributed by atoms with Crippen molar-refractivity contribution < 1.29 is 4.79 Å². The van der Waals surface area contributed by atoms with Gasteiger partial charge in [-0.15, -0.1) is 11.8 Å². The average molecular weight is 186 g/mol. The number of hydrogen-bond acceptors (Lipinski definition) is 2. The van der Waals surface area contributed by atoms with E-state index in [0.717, 1.165) is 0 Å². The Labute approximate surface area is 67.4 Å². The molecule has 1 amide bonds. The Morgan fingerprint density at radius 2 is 2.22 bits per heavy atom. The predicted molar refractivity (Wildman–Crippen MR) is 41.4 cm³/mol. The molecule has 0 heterocycles. The maximum atomic E-state index is 10.1. The van der Waals surface area contributed by atoms with Crippen molar-refractivity contribution >= 4 is 40.9 Å². The first-order chi connectivity index (χ1) is 4.13. The number of halogens is 2. The van der Waals surface area contributed by atoms with Crippen LogP contribution in [0.25, 0.3) is 0 Å². The number of rotatable bonds is 3. The molecular formula is C4H5Cl2NOS. The van der Waals surface area contributed by atoms with Crippen molar-refractivity contribution in [3.63, 3.8) is 0 Å². The Morgan fingerprint density at radius 3 is 2.56 bits per heavy atom. The van der Waals surface area contributed by atoms with E-state index in [-0.39, 0.29) is 16.2 Å². The molecule has 0 aromatic heterocycles. The van der Waals surface area contributed by atoms with Crippen LogP contribution < -0.4 is 5.73 Å². The summed E-state index contributed by atoms with van der Waals surface area (Å²) < 4.78 is 0.140. The van der Waals surface area contributed by atoms with Crippen LogP contribution in [0.3, 0.4) is 0 Å². The Hall–Kier alpha value is 0.140. The van der Waals surface area contributed by atoms with Gasteiger partial charge in [0.25, 0.3) is 0 Å². The van der Waals surface area contributed by atoms with Crippen molar-refractivity contribution in [1.82, 2.24) is 0 Å². The van der Waals surface area contributed by atoms with E-state index < -0.39 is 0 Å². The van der Waals surface area contributed by atoms with Gasteiger partial charge in [0, 0.05) is 5.41 Å². The summed E-state index contributed by atoms with van der Waals surface area (Å²) in [5, 5.41) is 1.45. The van der Waals surface area contributed by atoms with Crippen molar-refractivity contribution in [3.8, 4) is 0 Å². The number of hydrogen-bond donors (Lipinski definition) is 1. The van der Waals surface area contributed by atoms with Crippen molar-refractivity contribution in [3.05, 3.63) is 9.90 Å². The van der Waals surface area contributed by atoms with E-state index in [1.165, 1.54) is 17.2 Å². The summed E-state index contributed by atoms with van der Waals surface area (Å²) in [5.41, 5.74) is 4.80. The minimum Gasteiger partial charge on any atom is -0.369 e. The fourth-order valence-corrected chi connectivity index (χ4v) is 0.938. The zero-order chi connectivity index (χ0) is 7.28. The molecule has 5 heteroatoms. The lowest BCUT2D eigenvalue weighted by Crippen LogP contribution is -2.12. The molecule has 0 aromatic carbocycles. The van der Waals surface area contributed by atoms with Gasteiger partial charge in [0.15, 0.2) is 0 Å². The number of primary amides is 1. The fraction of sp³-hybridized carbons (Fsp3) is 0.250. The first-order valence-corrected chi connectivity index (χ1v) is 3.84. The lowest BCUT2D eigenvalue weighted by atomic mass is 10.8. The molecule has 0 radical (unpaired) electrons.